The molecule has 0 atom stereocenters. The topological polar surface area (TPSA) is 37.4 Å². The van der Waals surface area contributed by atoms with Gasteiger partial charge in [0.05, 0.1) is 6.61 Å². The van der Waals surface area contributed by atoms with E-state index in [1.165, 1.54) is 0 Å². The number of hydrogen-bond donors (Lipinski definition) is 1. The van der Waals surface area contributed by atoms with Crippen LogP contribution in [0.2, 0.25) is 0 Å². The second-order valence-corrected chi connectivity index (χ2v) is 6.41. The molecule has 0 aliphatic rings. The lowest BCUT2D eigenvalue weighted by molar-refractivity contribution is 0.202. The summed E-state index contributed by atoms with van der Waals surface area (Å²) in [5.74, 6) is 1.95. The Kier molecular flexibility index (Phi) is 6.96. The monoisotopic (exact) mass is 293 g/mol. The van der Waals surface area contributed by atoms with E-state index in [2.05, 4.69) is 57.0 Å². The molecule has 0 fully saturated rings. The Bertz CT molecular complexity index is 411. The molecule has 0 aliphatic heterocycles. The molecule has 21 heavy (non-hydrogen) atoms. The van der Waals surface area contributed by atoms with Crippen molar-refractivity contribution in [2.45, 2.75) is 59.0 Å². The lowest BCUT2D eigenvalue weighted by atomic mass is 10.1. The van der Waals surface area contributed by atoms with Crippen LogP contribution in [0, 0.1) is 0 Å². The molecule has 4 nitrogen and oxygen atoms in total. The molecule has 0 aromatic carbocycles. The molecule has 1 aromatic rings. The molecule has 120 valence electrons. The maximum Gasteiger partial charge on any atom is 0.131 e. The van der Waals surface area contributed by atoms with Crippen molar-refractivity contribution in [3.63, 3.8) is 0 Å². The van der Waals surface area contributed by atoms with Crippen LogP contribution in [-0.4, -0.2) is 36.8 Å². The molecule has 0 unspecified atom stereocenters. The van der Waals surface area contributed by atoms with E-state index >= 15 is 0 Å². The van der Waals surface area contributed by atoms with Gasteiger partial charge in [-0.1, -0.05) is 19.9 Å². The Hall–Kier alpha value is -1.29. The fourth-order valence-corrected chi connectivity index (χ4v) is 2.44. The predicted molar refractivity (Wildman–Crippen MR) is 91.2 cm³/mol. The molecule has 0 radical (unpaired) electrons. The van der Waals surface area contributed by atoms with E-state index in [0.29, 0.717) is 6.04 Å². The van der Waals surface area contributed by atoms with E-state index in [-0.39, 0.29) is 5.54 Å². The summed E-state index contributed by atoms with van der Waals surface area (Å²) in [6.07, 6.45) is 2.22. The molecule has 0 spiro atoms. The summed E-state index contributed by atoms with van der Waals surface area (Å²) in [4.78, 5) is 7.15. The lowest BCUT2D eigenvalue weighted by Crippen LogP contribution is -2.38. The highest BCUT2D eigenvalue weighted by Crippen LogP contribution is 2.21. The molecule has 1 heterocycles. The van der Waals surface area contributed by atoms with Gasteiger partial charge < -0.3 is 15.0 Å². The number of nitrogens with one attached hydrogen (secondary N) is 1. The molecule has 1 rings (SSSR count). The molecular weight excluding hydrogens is 262 g/mol. The molecule has 0 saturated heterocycles. The highest BCUT2D eigenvalue weighted by molar-refractivity contribution is 5.48. The van der Waals surface area contributed by atoms with E-state index in [4.69, 9.17) is 9.72 Å². The molecule has 1 aromatic heterocycles. The van der Waals surface area contributed by atoms with Crippen LogP contribution >= 0.6 is 0 Å². The van der Waals surface area contributed by atoms with Gasteiger partial charge in [-0.05, 0) is 45.7 Å². The standard InChI is InChI=1S/C17H31N3O/c1-7-14(8-2)20(12-13-21-6)16-11-9-10-15(18-16)19-17(3,4)5/h9-11,14H,7-8,12-13H2,1-6H3,(H,18,19). The molecule has 1 N–H and O–H groups in total. The van der Waals surface area contributed by atoms with E-state index in [1.54, 1.807) is 7.11 Å². The number of hydrogen-bond acceptors (Lipinski definition) is 4. The number of rotatable bonds is 8. The number of aromatic nitrogens is 1. The van der Waals surface area contributed by atoms with Gasteiger partial charge in [0.2, 0.25) is 0 Å². The van der Waals surface area contributed by atoms with Crippen molar-refractivity contribution in [1.82, 2.24) is 4.98 Å². The molecular formula is C17H31N3O. The summed E-state index contributed by atoms with van der Waals surface area (Å²) in [5, 5.41) is 3.44. The van der Waals surface area contributed by atoms with Crippen molar-refractivity contribution in [1.29, 1.82) is 0 Å². The summed E-state index contributed by atoms with van der Waals surface area (Å²) in [5.41, 5.74) is 0.0118. The summed E-state index contributed by atoms with van der Waals surface area (Å²) in [7, 11) is 1.75. The fraction of sp³-hybridized carbons (Fsp3) is 0.706. The summed E-state index contributed by atoms with van der Waals surface area (Å²) in [6.45, 7) is 12.5. The van der Waals surface area contributed by atoms with Crippen LogP contribution < -0.4 is 10.2 Å². The Balaban J connectivity index is 2.98. The second-order valence-electron chi connectivity index (χ2n) is 6.41. The van der Waals surface area contributed by atoms with Gasteiger partial charge >= 0.3 is 0 Å². The van der Waals surface area contributed by atoms with Gasteiger partial charge in [0.25, 0.3) is 0 Å². The fourth-order valence-electron chi connectivity index (χ4n) is 2.44. The molecule has 0 aliphatic carbocycles. The van der Waals surface area contributed by atoms with Gasteiger partial charge in [0.1, 0.15) is 11.6 Å². The van der Waals surface area contributed by atoms with Crippen LogP contribution in [0.3, 0.4) is 0 Å². The first-order valence-electron chi connectivity index (χ1n) is 7.92. The van der Waals surface area contributed by atoms with Crippen LogP contribution in [0.5, 0.6) is 0 Å². The van der Waals surface area contributed by atoms with Crippen molar-refractivity contribution in [2.75, 3.05) is 30.5 Å². The van der Waals surface area contributed by atoms with Crippen LogP contribution in [0.1, 0.15) is 47.5 Å². The average Bonchev–Trinajstić information content (AvgIpc) is 2.42. The maximum atomic E-state index is 5.26. The number of ether oxygens (including phenoxy) is 1. The number of pyridine rings is 1. The average molecular weight is 293 g/mol. The Morgan fingerprint density at radius 3 is 2.43 bits per heavy atom. The minimum atomic E-state index is 0.0118. The quantitative estimate of drug-likeness (QED) is 0.788. The van der Waals surface area contributed by atoms with Crippen LogP contribution in [-0.2, 0) is 4.74 Å². The van der Waals surface area contributed by atoms with Crippen molar-refractivity contribution >= 4 is 11.6 Å². The van der Waals surface area contributed by atoms with Crippen LogP contribution in [0.25, 0.3) is 0 Å². The van der Waals surface area contributed by atoms with Gasteiger partial charge in [0, 0.05) is 25.2 Å². The third-order valence-corrected chi connectivity index (χ3v) is 3.45. The number of anilines is 2. The SMILES string of the molecule is CCC(CC)N(CCOC)c1cccc(NC(C)(C)C)n1. The van der Waals surface area contributed by atoms with Gasteiger partial charge in [-0.25, -0.2) is 4.98 Å². The second kappa shape index (κ2) is 8.23. The smallest absolute Gasteiger partial charge is 0.131 e. The zero-order chi connectivity index (χ0) is 15.9. The molecule has 4 heteroatoms. The predicted octanol–water partition coefficient (Wildman–Crippen LogP) is 3.93. The highest BCUT2D eigenvalue weighted by Gasteiger charge is 2.18. The summed E-state index contributed by atoms with van der Waals surface area (Å²) < 4.78 is 5.26. The zero-order valence-electron chi connectivity index (χ0n) is 14.4. The van der Waals surface area contributed by atoms with Crippen molar-refractivity contribution in [2.24, 2.45) is 0 Å². The van der Waals surface area contributed by atoms with Crippen LogP contribution in [0.4, 0.5) is 11.6 Å². The van der Waals surface area contributed by atoms with Gasteiger partial charge in [-0.3, -0.25) is 0 Å². The minimum Gasteiger partial charge on any atom is -0.383 e. The Morgan fingerprint density at radius 2 is 1.90 bits per heavy atom. The number of methoxy groups -OCH3 is 1. The number of nitrogens with zero attached hydrogens (tertiary/aromatic N) is 2. The lowest BCUT2D eigenvalue weighted by Gasteiger charge is -2.32. The van der Waals surface area contributed by atoms with Crippen LogP contribution in [0.15, 0.2) is 18.2 Å². The van der Waals surface area contributed by atoms with Crippen molar-refractivity contribution < 1.29 is 4.74 Å². The normalized spacial score (nSPS) is 11.8. The summed E-state index contributed by atoms with van der Waals surface area (Å²) in [6, 6.07) is 6.67. The Labute approximate surface area is 129 Å². The zero-order valence-corrected chi connectivity index (χ0v) is 14.4. The van der Waals surface area contributed by atoms with E-state index < -0.39 is 0 Å². The molecule has 0 saturated carbocycles. The van der Waals surface area contributed by atoms with Crippen molar-refractivity contribution in [3.05, 3.63) is 18.2 Å². The largest absolute Gasteiger partial charge is 0.383 e. The van der Waals surface area contributed by atoms with Gasteiger partial charge in [-0.15, -0.1) is 0 Å². The summed E-state index contributed by atoms with van der Waals surface area (Å²) >= 11 is 0. The first kappa shape index (κ1) is 17.8. The molecule has 0 amide bonds. The highest BCUT2D eigenvalue weighted by atomic mass is 16.5. The van der Waals surface area contributed by atoms with E-state index in [9.17, 15) is 0 Å². The first-order valence-corrected chi connectivity index (χ1v) is 7.92. The minimum absolute atomic E-state index is 0.0118. The maximum absolute atomic E-state index is 5.26. The Morgan fingerprint density at radius 1 is 1.24 bits per heavy atom. The van der Waals surface area contributed by atoms with E-state index in [0.717, 1.165) is 37.6 Å². The van der Waals surface area contributed by atoms with E-state index in [1.807, 2.05) is 6.07 Å². The van der Waals surface area contributed by atoms with Gasteiger partial charge in [-0.2, -0.15) is 0 Å². The third kappa shape index (κ3) is 5.92. The molecule has 0 bridgehead atoms. The van der Waals surface area contributed by atoms with Crippen molar-refractivity contribution in [3.8, 4) is 0 Å². The van der Waals surface area contributed by atoms with Gasteiger partial charge in [0.15, 0.2) is 0 Å². The third-order valence-electron chi connectivity index (χ3n) is 3.45. The first-order chi connectivity index (χ1) is 9.91.